The lowest BCUT2D eigenvalue weighted by Crippen LogP contribution is -2.28. The molecule has 1 fully saturated rings. The number of furan rings is 1. The second-order valence-electron chi connectivity index (χ2n) is 8.81. The fourth-order valence-corrected chi connectivity index (χ4v) is 4.54. The van der Waals surface area contributed by atoms with Gasteiger partial charge >= 0.3 is 0 Å². The minimum absolute atomic E-state index is 0.0853. The number of benzene rings is 1. The van der Waals surface area contributed by atoms with Crippen LogP contribution in [0.1, 0.15) is 41.1 Å². The molecular formula is C24H28N6O3. The van der Waals surface area contributed by atoms with Gasteiger partial charge in [-0.15, -0.1) is 5.10 Å². The van der Waals surface area contributed by atoms with E-state index in [-0.39, 0.29) is 11.7 Å². The number of aromatic amines is 1. The smallest absolute Gasteiger partial charge is 0.252 e. The Morgan fingerprint density at radius 2 is 2.12 bits per heavy atom. The predicted octanol–water partition coefficient (Wildman–Crippen LogP) is 3.11. The molecule has 9 heteroatoms. The number of H-pyrrole nitrogens is 1. The first-order valence-electron chi connectivity index (χ1n) is 11.3. The van der Waals surface area contributed by atoms with Gasteiger partial charge in [0.25, 0.3) is 5.56 Å². The molecule has 4 heterocycles. The standard InChI is InChI=1S/C24H28N6O3/c1-16-9-17(2)23-18(10-16)11-19(24(31)25-23)12-29(13-20-5-3-7-32-20)15-22-26-27-28-30(22)14-21-6-4-8-33-21/h3,5,7,9-11,21H,4,6,8,12-15H2,1-2H3,(H,25,31)/t21-/m0/s1. The highest BCUT2D eigenvalue weighted by Crippen LogP contribution is 2.20. The summed E-state index contributed by atoms with van der Waals surface area (Å²) >= 11 is 0. The van der Waals surface area contributed by atoms with Crippen molar-refractivity contribution in [3.05, 3.63) is 75.2 Å². The zero-order valence-corrected chi connectivity index (χ0v) is 19.0. The van der Waals surface area contributed by atoms with E-state index in [0.717, 1.165) is 47.5 Å². The van der Waals surface area contributed by atoms with Crippen molar-refractivity contribution in [2.24, 2.45) is 0 Å². The number of rotatable bonds is 8. The van der Waals surface area contributed by atoms with Crippen molar-refractivity contribution in [2.75, 3.05) is 6.61 Å². The van der Waals surface area contributed by atoms with Gasteiger partial charge in [0.15, 0.2) is 5.82 Å². The van der Waals surface area contributed by atoms with E-state index >= 15 is 0 Å². The number of aromatic nitrogens is 5. The molecular weight excluding hydrogens is 420 g/mol. The molecule has 5 rings (SSSR count). The molecule has 0 bridgehead atoms. The zero-order valence-electron chi connectivity index (χ0n) is 19.0. The van der Waals surface area contributed by atoms with Crippen LogP contribution in [0.2, 0.25) is 0 Å². The van der Waals surface area contributed by atoms with Crippen molar-refractivity contribution in [1.29, 1.82) is 0 Å². The predicted molar refractivity (Wildman–Crippen MR) is 122 cm³/mol. The highest BCUT2D eigenvalue weighted by Gasteiger charge is 2.21. The molecule has 9 nitrogen and oxygen atoms in total. The monoisotopic (exact) mass is 448 g/mol. The first-order chi connectivity index (χ1) is 16.0. The summed E-state index contributed by atoms with van der Waals surface area (Å²) in [6, 6.07) is 9.96. The van der Waals surface area contributed by atoms with Gasteiger partial charge in [-0.05, 0) is 72.3 Å². The normalized spacial score (nSPS) is 16.3. The third-order valence-electron chi connectivity index (χ3n) is 6.10. The van der Waals surface area contributed by atoms with Gasteiger partial charge in [0.1, 0.15) is 5.76 Å². The summed E-state index contributed by atoms with van der Waals surface area (Å²) in [7, 11) is 0. The number of hydrogen-bond acceptors (Lipinski definition) is 7. The van der Waals surface area contributed by atoms with Crippen LogP contribution in [0, 0.1) is 13.8 Å². The number of tetrazole rings is 1. The molecule has 1 aliphatic heterocycles. The highest BCUT2D eigenvalue weighted by atomic mass is 16.5. The van der Waals surface area contributed by atoms with Gasteiger partial charge in [0.2, 0.25) is 0 Å². The lowest BCUT2D eigenvalue weighted by Gasteiger charge is -2.21. The lowest BCUT2D eigenvalue weighted by molar-refractivity contribution is 0.0913. The molecule has 33 heavy (non-hydrogen) atoms. The quantitative estimate of drug-likeness (QED) is 0.442. The number of aryl methyl sites for hydroxylation is 2. The summed E-state index contributed by atoms with van der Waals surface area (Å²) in [4.78, 5) is 18.1. The highest BCUT2D eigenvalue weighted by molar-refractivity contribution is 5.82. The van der Waals surface area contributed by atoms with Crippen molar-refractivity contribution < 1.29 is 9.15 Å². The van der Waals surface area contributed by atoms with E-state index in [9.17, 15) is 4.79 Å². The van der Waals surface area contributed by atoms with Crippen LogP contribution >= 0.6 is 0 Å². The third kappa shape index (κ3) is 4.89. The number of hydrogen-bond donors (Lipinski definition) is 1. The third-order valence-corrected chi connectivity index (χ3v) is 6.10. The van der Waals surface area contributed by atoms with Gasteiger partial charge in [-0.3, -0.25) is 9.69 Å². The van der Waals surface area contributed by atoms with E-state index < -0.39 is 0 Å². The fourth-order valence-electron chi connectivity index (χ4n) is 4.54. The summed E-state index contributed by atoms with van der Waals surface area (Å²) in [5.74, 6) is 1.55. The largest absolute Gasteiger partial charge is 0.468 e. The summed E-state index contributed by atoms with van der Waals surface area (Å²) in [5, 5.41) is 13.3. The van der Waals surface area contributed by atoms with Gasteiger partial charge < -0.3 is 14.1 Å². The van der Waals surface area contributed by atoms with Crippen molar-refractivity contribution in [2.45, 2.75) is 59.0 Å². The minimum Gasteiger partial charge on any atom is -0.468 e. The number of nitrogens with one attached hydrogen (secondary N) is 1. The SMILES string of the molecule is Cc1cc(C)c2[nH]c(=O)c(CN(Cc3ccco3)Cc3nnnn3C[C@@H]3CCCO3)cc2c1. The maximum Gasteiger partial charge on any atom is 0.252 e. The Balaban J connectivity index is 1.42. The maximum absolute atomic E-state index is 12.9. The van der Waals surface area contributed by atoms with E-state index in [1.165, 1.54) is 5.56 Å². The summed E-state index contributed by atoms with van der Waals surface area (Å²) < 4.78 is 13.1. The van der Waals surface area contributed by atoms with Gasteiger partial charge in [-0.1, -0.05) is 11.6 Å². The summed E-state index contributed by atoms with van der Waals surface area (Å²) in [6.07, 6.45) is 3.88. The Bertz CT molecular complexity index is 1290. The molecule has 3 aromatic heterocycles. The zero-order chi connectivity index (χ0) is 22.8. The maximum atomic E-state index is 12.9. The molecule has 0 unspecified atom stereocenters. The summed E-state index contributed by atoms with van der Waals surface area (Å²) in [5.41, 5.74) is 3.72. The van der Waals surface area contributed by atoms with Crippen molar-refractivity contribution >= 4 is 10.9 Å². The Morgan fingerprint density at radius 3 is 2.91 bits per heavy atom. The number of ether oxygens (including phenoxy) is 1. The average molecular weight is 449 g/mol. The number of pyridine rings is 1. The van der Waals surface area contributed by atoms with E-state index in [1.807, 2.05) is 29.8 Å². The Labute approximate surface area is 191 Å². The van der Waals surface area contributed by atoms with Crippen LogP contribution in [-0.2, 0) is 30.9 Å². The number of fused-ring (bicyclic) bond motifs is 1. The van der Waals surface area contributed by atoms with E-state index in [2.05, 4.69) is 44.5 Å². The average Bonchev–Trinajstić information content (AvgIpc) is 3.54. The minimum atomic E-state index is -0.0853. The van der Waals surface area contributed by atoms with Crippen LogP contribution in [0.15, 0.2) is 45.8 Å². The van der Waals surface area contributed by atoms with Crippen LogP contribution in [0.25, 0.3) is 10.9 Å². The molecule has 1 saturated heterocycles. The molecule has 1 aliphatic rings. The second-order valence-corrected chi connectivity index (χ2v) is 8.81. The van der Waals surface area contributed by atoms with Gasteiger partial charge in [-0.2, -0.15) is 0 Å². The molecule has 172 valence electrons. The molecule has 0 amide bonds. The Morgan fingerprint density at radius 1 is 1.21 bits per heavy atom. The molecule has 1 atom stereocenters. The lowest BCUT2D eigenvalue weighted by atomic mass is 10.1. The van der Waals surface area contributed by atoms with E-state index in [0.29, 0.717) is 31.7 Å². The van der Waals surface area contributed by atoms with Gasteiger partial charge in [0.05, 0.1) is 37.5 Å². The molecule has 1 N–H and O–H groups in total. The summed E-state index contributed by atoms with van der Waals surface area (Å²) in [6.45, 7) is 6.94. The van der Waals surface area contributed by atoms with Crippen molar-refractivity contribution in [1.82, 2.24) is 30.1 Å². The molecule has 0 spiro atoms. The molecule has 0 radical (unpaired) electrons. The molecule has 4 aromatic rings. The number of nitrogens with zero attached hydrogens (tertiary/aromatic N) is 5. The first kappa shape index (κ1) is 21.5. The van der Waals surface area contributed by atoms with Crippen LogP contribution in [-0.4, -0.2) is 42.8 Å². The van der Waals surface area contributed by atoms with E-state index in [1.54, 1.807) is 6.26 Å². The van der Waals surface area contributed by atoms with Gasteiger partial charge in [0, 0.05) is 18.7 Å². The van der Waals surface area contributed by atoms with Crippen LogP contribution in [0.3, 0.4) is 0 Å². The second kappa shape index (κ2) is 9.29. The first-order valence-corrected chi connectivity index (χ1v) is 11.3. The van der Waals surface area contributed by atoms with Crippen LogP contribution in [0.4, 0.5) is 0 Å². The van der Waals surface area contributed by atoms with Crippen LogP contribution < -0.4 is 5.56 Å². The fraction of sp³-hybridized carbons (Fsp3) is 0.417. The topological polar surface area (TPSA) is 102 Å². The Hall–Kier alpha value is -3.30. The molecule has 0 aliphatic carbocycles. The van der Waals surface area contributed by atoms with Crippen molar-refractivity contribution in [3.63, 3.8) is 0 Å². The molecule has 1 aromatic carbocycles. The van der Waals surface area contributed by atoms with Crippen molar-refractivity contribution in [3.8, 4) is 0 Å². The molecule has 0 saturated carbocycles. The Kier molecular flexibility index (Phi) is 6.06. The van der Waals surface area contributed by atoms with Gasteiger partial charge in [-0.25, -0.2) is 4.68 Å². The van der Waals surface area contributed by atoms with Crippen LogP contribution in [0.5, 0.6) is 0 Å². The van der Waals surface area contributed by atoms with E-state index in [4.69, 9.17) is 9.15 Å².